The van der Waals surface area contributed by atoms with Crippen molar-refractivity contribution in [2.75, 3.05) is 18.9 Å². The van der Waals surface area contributed by atoms with E-state index in [0.717, 1.165) is 35.9 Å². The van der Waals surface area contributed by atoms with Crippen LogP contribution < -0.4 is 5.32 Å². The lowest BCUT2D eigenvalue weighted by Gasteiger charge is -2.36. The second kappa shape index (κ2) is 6.09. The molecule has 2 aliphatic rings. The normalized spacial score (nSPS) is 29.1. The number of aromatic nitrogens is 2. The van der Waals surface area contributed by atoms with Crippen LogP contribution in [0.3, 0.4) is 0 Å². The van der Waals surface area contributed by atoms with Gasteiger partial charge in [0.1, 0.15) is 17.3 Å². The first kappa shape index (κ1) is 15.0. The summed E-state index contributed by atoms with van der Waals surface area (Å²) in [6.45, 7) is 5.25. The van der Waals surface area contributed by atoms with Gasteiger partial charge in [-0.1, -0.05) is 25.4 Å². The Morgan fingerprint density at radius 2 is 1.95 bits per heavy atom. The van der Waals surface area contributed by atoms with Gasteiger partial charge < -0.3 is 10.2 Å². The third kappa shape index (κ3) is 3.02. The van der Waals surface area contributed by atoms with Crippen molar-refractivity contribution in [1.29, 1.82) is 0 Å². The molecule has 5 heteroatoms. The maximum Gasteiger partial charge on any atom is 0.138 e. The smallest absolute Gasteiger partial charge is 0.138 e. The minimum Gasteiger partial charge on any atom is -0.369 e. The summed E-state index contributed by atoms with van der Waals surface area (Å²) in [5.74, 6) is 1.98. The van der Waals surface area contributed by atoms with Crippen LogP contribution in [0, 0.1) is 5.92 Å². The highest BCUT2D eigenvalue weighted by Crippen LogP contribution is 2.37. The molecule has 2 aliphatic heterocycles. The van der Waals surface area contributed by atoms with E-state index in [2.05, 4.69) is 41.1 Å². The zero-order valence-corrected chi connectivity index (χ0v) is 13.9. The Morgan fingerprint density at radius 1 is 1.29 bits per heavy atom. The van der Waals surface area contributed by atoms with Crippen LogP contribution in [-0.4, -0.2) is 40.5 Å². The van der Waals surface area contributed by atoms with E-state index in [1.165, 1.54) is 25.7 Å². The highest BCUT2D eigenvalue weighted by atomic mass is 35.5. The van der Waals surface area contributed by atoms with E-state index in [4.69, 9.17) is 11.6 Å². The van der Waals surface area contributed by atoms with E-state index in [1.807, 2.05) is 0 Å². The first-order valence-electron chi connectivity index (χ1n) is 8.02. The Labute approximate surface area is 132 Å². The van der Waals surface area contributed by atoms with Crippen molar-refractivity contribution in [1.82, 2.24) is 14.9 Å². The topological polar surface area (TPSA) is 41.1 Å². The van der Waals surface area contributed by atoms with E-state index in [9.17, 15) is 0 Å². The predicted molar refractivity (Wildman–Crippen MR) is 86.9 cm³/mol. The molecule has 2 fully saturated rings. The number of hydrogen-bond acceptors (Lipinski definition) is 4. The number of halogens is 1. The van der Waals surface area contributed by atoms with Crippen molar-refractivity contribution in [2.24, 2.45) is 5.92 Å². The van der Waals surface area contributed by atoms with E-state index >= 15 is 0 Å². The zero-order valence-electron chi connectivity index (χ0n) is 13.1. The molecule has 1 aromatic heterocycles. The average molecular weight is 309 g/mol. The Bertz CT molecular complexity index is 491. The summed E-state index contributed by atoms with van der Waals surface area (Å²) in [4.78, 5) is 11.1. The van der Waals surface area contributed by atoms with Crippen LogP contribution in [0.5, 0.6) is 0 Å². The molecule has 0 aromatic carbocycles. The molecule has 1 aromatic rings. The van der Waals surface area contributed by atoms with Crippen LogP contribution in [0.15, 0.2) is 6.33 Å². The summed E-state index contributed by atoms with van der Waals surface area (Å²) in [5, 5.41) is 4.11. The van der Waals surface area contributed by atoms with Gasteiger partial charge in [-0.2, -0.15) is 0 Å². The fourth-order valence-corrected chi connectivity index (χ4v) is 4.31. The van der Waals surface area contributed by atoms with Crippen LogP contribution in [0.25, 0.3) is 0 Å². The fourth-order valence-electron chi connectivity index (χ4n) is 3.96. The van der Waals surface area contributed by atoms with Gasteiger partial charge in [0, 0.05) is 24.2 Å². The molecular formula is C16H25ClN4. The number of fused-ring (bicyclic) bond motifs is 2. The number of hydrogen-bond donors (Lipinski definition) is 1. The highest BCUT2D eigenvalue weighted by Gasteiger charge is 2.38. The van der Waals surface area contributed by atoms with Gasteiger partial charge in [-0.25, -0.2) is 9.97 Å². The van der Waals surface area contributed by atoms with E-state index in [0.29, 0.717) is 11.1 Å². The van der Waals surface area contributed by atoms with Crippen LogP contribution in [-0.2, 0) is 0 Å². The molecule has 116 valence electrons. The molecule has 0 amide bonds. The molecule has 3 rings (SSSR count). The summed E-state index contributed by atoms with van der Waals surface area (Å²) in [6, 6.07) is 1.57. The first-order valence-corrected chi connectivity index (χ1v) is 8.40. The van der Waals surface area contributed by atoms with Gasteiger partial charge in [-0.15, -0.1) is 0 Å². The molecule has 1 N–H and O–H groups in total. The largest absolute Gasteiger partial charge is 0.369 e. The van der Waals surface area contributed by atoms with E-state index in [-0.39, 0.29) is 0 Å². The monoisotopic (exact) mass is 308 g/mol. The second-order valence-electron chi connectivity index (χ2n) is 6.85. The molecule has 0 saturated carbocycles. The first-order chi connectivity index (χ1) is 10.1. The minimum absolute atomic E-state index is 0.329. The van der Waals surface area contributed by atoms with Crippen molar-refractivity contribution in [2.45, 2.75) is 57.5 Å². The number of anilines is 1. The van der Waals surface area contributed by atoms with Crippen LogP contribution in [0.1, 0.15) is 51.0 Å². The second-order valence-corrected chi connectivity index (χ2v) is 7.21. The molecule has 3 heterocycles. The Kier molecular flexibility index (Phi) is 4.36. The number of rotatable bonds is 4. The summed E-state index contributed by atoms with van der Waals surface area (Å²) < 4.78 is 0. The average Bonchev–Trinajstić information content (AvgIpc) is 2.67. The van der Waals surface area contributed by atoms with Crippen molar-refractivity contribution >= 4 is 17.4 Å². The number of piperidine rings is 1. The summed E-state index contributed by atoms with van der Waals surface area (Å²) in [7, 11) is 2.28. The van der Waals surface area contributed by atoms with Gasteiger partial charge in [-0.3, -0.25) is 0 Å². The lowest BCUT2D eigenvalue weighted by molar-refractivity contribution is 0.139. The standard InChI is InChI=1S/C16H25ClN4/c1-10(2)14-15(17)19-9-20-16(14)18-8-11-6-12-4-5-13(7-11)21(12)3/h9-13H,4-8H2,1-3H3,(H,18,19,20). The molecule has 2 saturated heterocycles. The van der Waals surface area contributed by atoms with Gasteiger partial charge in [-0.05, 0) is 44.6 Å². The Hall–Kier alpha value is -0.870. The van der Waals surface area contributed by atoms with Gasteiger partial charge in [0.2, 0.25) is 0 Å². The molecule has 2 atom stereocenters. The molecule has 21 heavy (non-hydrogen) atoms. The van der Waals surface area contributed by atoms with Crippen LogP contribution in [0.2, 0.25) is 5.15 Å². The molecule has 2 unspecified atom stereocenters. The van der Waals surface area contributed by atoms with Crippen LogP contribution in [0.4, 0.5) is 5.82 Å². The predicted octanol–water partition coefficient (Wildman–Crippen LogP) is 3.54. The van der Waals surface area contributed by atoms with E-state index < -0.39 is 0 Å². The van der Waals surface area contributed by atoms with Crippen LogP contribution >= 0.6 is 11.6 Å². The molecule has 0 radical (unpaired) electrons. The lowest BCUT2D eigenvalue weighted by Crippen LogP contribution is -2.41. The Morgan fingerprint density at radius 3 is 2.57 bits per heavy atom. The van der Waals surface area contributed by atoms with Crippen molar-refractivity contribution in [3.63, 3.8) is 0 Å². The zero-order chi connectivity index (χ0) is 15.0. The fraction of sp³-hybridized carbons (Fsp3) is 0.750. The summed E-state index contributed by atoms with van der Waals surface area (Å²) in [6.07, 6.45) is 6.89. The highest BCUT2D eigenvalue weighted by molar-refractivity contribution is 6.30. The molecule has 2 bridgehead atoms. The van der Waals surface area contributed by atoms with Gasteiger partial charge in [0.05, 0.1) is 0 Å². The lowest BCUT2D eigenvalue weighted by atomic mass is 9.91. The quantitative estimate of drug-likeness (QED) is 0.864. The van der Waals surface area contributed by atoms with Gasteiger partial charge >= 0.3 is 0 Å². The van der Waals surface area contributed by atoms with Crippen molar-refractivity contribution in [3.05, 3.63) is 17.0 Å². The van der Waals surface area contributed by atoms with Crippen molar-refractivity contribution < 1.29 is 0 Å². The summed E-state index contributed by atoms with van der Waals surface area (Å²) >= 11 is 6.22. The molecule has 0 aliphatic carbocycles. The Balaban J connectivity index is 1.65. The third-order valence-corrected chi connectivity index (χ3v) is 5.47. The van der Waals surface area contributed by atoms with Gasteiger partial charge in [0.25, 0.3) is 0 Å². The maximum atomic E-state index is 6.22. The number of nitrogens with zero attached hydrogens (tertiary/aromatic N) is 3. The minimum atomic E-state index is 0.329. The number of nitrogens with one attached hydrogen (secondary N) is 1. The van der Waals surface area contributed by atoms with Crippen molar-refractivity contribution in [3.8, 4) is 0 Å². The molecule has 4 nitrogen and oxygen atoms in total. The maximum absolute atomic E-state index is 6.22. The van der Waals surface area contributed by atoms with E-state index in [1.54, 1.807) is 6.33 Å². The third-order valence-electron chi connectivity index (χ3n) is 5.17. The summed E-state index contributed by atoms with van der Waals surface area (Å²) in [5.41, 5.74) is 1.04. The van der Waals surface area contributed by atoms with Gasteiger partial charge in [0.15, 0.2) is 0 Å². The molecule has 0 spiro atoms. The SMILES string of the molecule is CC(C)c1c(Cl)ncnc1NCC1CC2CCC(C1)N2C. The molecular weight excluding hydrogens is 284 g/mol.